The first-order valence-electron chi connectivity index (χ1n) is 9.50. The molecule has 31 heavy (non-hydrogen) atoms. The van der Waals surface area contributed by atoms with Gasteiger partial charge in [0.25, 0.3) is 5.91 Å². The van der Waals surface area contributed by atoms with E-state index < -0.39 is 12.6 Å². The van der Waals surface area contributed by atoms with Crippen molar-refractivity contribution in [2.45, 2.75) is 6.54 Å². The normalized spacial score (nSPS) is 10.5. The van der Waals surface area contributed by atoms with E-state index in [2.05, 4.69) is 15.0 Å². The van der Waals surface area contributed by atoms with Gasteiger partial charge in [-0.2, -0.15) is 0 Å². The number of nitrogens with zero attached hydrogens (tertiary/aromatic N) is 4. The lowest BCUT2D eigenvalue weighted by Gasteiger charge is -2.23. The average molecular weight is 430 g/mol. The van der Waals surface area contributed by atoms with Gasteiger partial charge in [-0.15, -0.1) is 11.3 Å². The van der Waals surface area contributed by atoms with Crippen LogP contribution < -0.4 is 4.90 Å². The van der Waals surface area contributed by atoms with Crippen LogP contribution in [-0.4, -0.2) is 33.4 Å². The Morgan fingerprint density at radius 1 is 0.903 bits per heavy atom. The summed E-state index contributed by atoms with van der Waals surface area (Å²) in [4.78, 5) is 39.4. The fourth-order valence-corrected chi connectivity index (χ4v) is 3.59. The smallest absolute Gasteiger partial charge is 0.358 e. The Bertz CT molecular complexity index is 1150. The quantitative estimate of drug-likeness (QED) is 0.412. The van der Waals surface area contributed by atoms with Crippen LogP contribution in [0.25, 0.3) is 10.8 Å². The van der Waals surface area contributed by atoms with Gasteiger partial charge in [-0.3, -0.25) is 4.79 Å². The molecular weight excluding hydrogens is 412 g/mol. The van der Waals surface area contributed by atoms with E-state index in [0.717, 1.165) is 11.3 Å². The molecule has 0 spiro atoms. The van der Waals surface area contributed by atoms with E-state index in [1.807, 2.05) is 60.7 Å². The molecule has 0 aliphatic carbocycles. The monoisotopic (exact) mass is 430 g/mol. The zero-order chi connectivity index (χ0) is 21.5. The fourth-order valence-electron chi connectivity index (χ4n) is 2.86. The Labute approximate surface area is 183 Å². The highest BCUT2D eigenvalue weighted by Crippen LogP contribution is 2.21. The second-order valence-electron chi connectivity index (χ2n) is 6.49. The predicted molar refractivity (Wildman–Crippen MR) is 117 cm³/mol. The van der Waals surface area contributed by atoms with Gasteiger partial charge in [-0.1, -0.05) is 48.5 Å². The summed E-state index contributed by atoms with van der Waals surface area (Å²) >= 11 is 1.24. The molecule has 0 aliphatic rings. The Morgan fingerprint density at radius 2 is 1.58 bits per heavy atom. The SMILES string of the molecule is O=C(OCC(=O)N(Cc1ccccc1)c1ccccc1)c1csc(-c2ncccn2)n1. The largest absolute Gasteiger partial charge is 0.451 e. The van der Waals surface area contributed by atoms with Crippen molar-refractivity contribution in [3.05, 3.63) is 95.8 Å². The fraction of sp³-hybridized carbons (Fsp3) is 0.0870. The van der Waals surface area contributed by atoms with Gasteiger partial charge in [0.05, 0.1) is 6.54 Å². The van der Waals surface area contributed by atoms with Crippen LogP contribution >= 0.6 is 11.3 Å². The highest BCUT2D eigenvalue weighted by Gasteiger charge is 2.20. The molecule has 2 heterocycles. The van der Waals surface area contributed by atoms with Crippen molar-refractivity contribution in [3.8, 4) is 10.8 Å². The zero-order valence-corrected chi connectivity index (χ0v) is 17.2. The van der Waals surface area contributed by atoms with Gasteiger partial charge in [-0.25, -0.2) is 19.7 Å². The molecular formula is C23H18N4O3S. The third-order valence-corrected chi connectivity index (χ3v) is 5.19. The molecule has 1 amide bonds. The molecule has 2 aromatic carbocycles. The molecule has 0 N–H and O–H groups in total. The number of hydrogen-bond acceptors (Lipinski definition) is 7. The molecule has 0 saturated carbocycles. The third kappa shape index (κ3) is 5.18. The minimum absolute atomic E-state index is 0.120. The lowest BCUT2D eigenvalue weighted by Crippen LogP contribution is -2.34. The number of anilines is 1. The molecule has 0 bridgehead atoms. The number of thiazole rings is 1. The second kappa shape index (κ2) is 9.73. The number of esters is 1. The maximum atomic E-state index is 12.9. The van der Waals surface area contributed by atoms with E-state index in [1.54, 1.807) is 28.7 Å². The maximum absolute atomic E-state index is 12.9. The minimum atomic E-state index is -0.667. The molecule has 4 rings (SSSR count). The lowest BCUT2D eigenvalue weighted by atomic mass is 10.2. The first-order chi connectivity index (χ1) is 15.2. The van der Waals surface area contributed by atoms with Gasteiger partial charge in [-0.05, 0) is 23.8 Å². The molecule has 7 nitrogen and oxygen atoms in total. The van der Waals surface area contributed by atoms with Crippen LogP contribution in [0.15, 0.2) is 84.5 Å². The third-order valence-electron chi connectivity index (χ3n) is 4.35. The number of ether oxygens (including phenoxy) is 1. The Hall–Kier alpha value is -3.91. The van der Waals surface area contributed by atoms with Crippen molar-refractivity contribution in [2.75, 3.05) is 11.5 Å². The van der Waals surface area contributed by atoms with Crippen molar-refractivity contribution in [1.82, 2.24) is 15.0 Å². The summed E-state index contributed by atoms with van der Waals surface area (Å²) in [5.41, 5.74) is 1.82. The lowest BCUT2D eigenvalue weighted by molar-refractivity contribution is -0.121. The first kappa shape index (κ1) is 20.4. The molecule has 2 aromatic heterocycles. The molecule has 0 aliphatic heterocycles. The second-order valence-corrected chi connectivity index (χ2v) is 7.35. The molecule has 0 radical (unpaired) electrons. The summed E-state index contributed by atoms with van der Waals surface area (Å²) in [6.45, 7) is -0.0251. The first-order valence-corrected chi connectivity index (χ1v) is 10.4. The van der Waals surface area contributed by atoms with Gasteiger partial charge in [0.15, 0.2) is 23.1 Å². The van der Waals surface area contributed by atoms with Gasteiger partial charge >= 0.3 is 5.97 Å². The van der Waals surface area contributed by atoms with E-state index in [1.165, 1.54) is 11.3 Å². The Morgan fingerprint density at radius 3 is 2.29 bits per heavy atom. The average Bonchev–Trinajstić information content (AvgIpc) is 3.33. The molecule has 0 saturated heterocycles. The summed E-state index contributed by atoms with van der Waals surface area (Å²) in [7, 11) is 0. The highest BCUT2D eigenvalue weighted by molar-refractivity contribution is 7.13. The summed E-state index contributed by atoms with van der Waals surface area (Å²) in [5.74, 6) is -0.564. The highest BCUT2D eigenvalue weighted by atomic mass is 32.1. The van der Waals surface area contributed by atoms with Crippen LogP contribution in [0.2, 0.25) is 0 Å². The van der Waals surface area contributed by atoms with Crippen LogP contribution in [-0.2, 0) is 16.1 Å². The number of carbonyl (C=O) groups excluding carboxylic acids is 2. The Balaban J connectivity index is 1.44. The summed E-state index contributed by atoms with van der Waals surface area (Å²) in [6, 6.07) is 20.6. The maximum Gasteiger partial charge on any atom is 0.358 e. The van der Waals surface area contributed by atoms with Gasteiger partial charge in [0.1, 0.15) is 0 Å². The molecule has 4 aromatic rings. The van der Waals surface area contributed by atoms with Crippen molar-refractivity contribution in [3.63, 3.8) is 0 Å². The van der Waals surface area contributed by atoms with Crippen LogP contribution in [0, 0.1) is 0 Å². The van der Waals surface area contributed by atoms with Crippen LogP contribution in [0.4, 0.5) is 5.69 Å². The summed E-state index contributed by atoms with van der Waals surface area (Å²) in [5, 5.41) is 2.08. The summed E-state index contributed by atoms with van der Waals surface area (Å²) < 4.78 is 5.25. The van der Waals surface area contributed by atoms with Gasteiger partial charge in [0, 0.05) is 23.5 Å². The predicted octanol–water partition coefficient (Wildman–Crippen LogP) is 3.99. The van der Waals surface area contributed by atoms with E-state index in [-0.39, 0.29) is 11.6 Å². The number of rotatable bonds is 7. The molecule has 154 valence electrons. The van der Waals surface area contributed by atoms with Gasteiger partial charge in [0.2, 0.25) is 0 Å². The number of amides is 1. The van der Waals surface area contributed by atoms with Crippen molar-refractivity contribution in [1.29, 1.82) is 0 Å². The van der Waals surface area contributed by atoms with E-state index in [4.69, 9.17) is 4.74 Å². The molecule has 0 unspecified atom stereocenters. The number of benzene rings is 2. The summed E-state index contributed by atoms with van der Waals surface area (Å²) in [6.07, 6.45) is 3.20. The van der Waals surface area contributed by atoms with Crippen molar-refractivity contribution in [2.24, 2.45) is 0 Å². The van der Waals surface area contributed by atoms with Crippen LogP contribution in [0.3, 0.4) is 0 Å². The number of para-hydroxylation sites is 1. The van der Waals surface area contributed by atoms with E-state index >= 15 is 0 Å². The van der Waals surface area contributed by atoms with E-state index in [9.17, 15) is 9.59 Å². The Kier molecular flexibility index (Phi) is 6.39. The van der Waals surface area contributed by atoms with Crippen molar-refractivity contribution >= 4 is 28.9 Å². The number of hydrogen-bond donors (Lipinski definition) is 0. The van der Waals surface area contributed by atoms with Crippen LogP contribution in [0.1, 0.15) is 16.1 Å². The van der Waals surface area contributed by atoms with Gasteiger partial charge < -0.3 is 9.64 Å². The van der Waals surface area contributed by atoms with Crippen molar-refractivity contribution < 1.29 is 14.3 Å². The zero-order valence-electron chi connectivity index (χ0n) is 16.4. The standard InChI is InChI=1S/C23H18N4O3S/c28-20(27(18-10-5-2-6-11-18)14-17-8-3-1-4-9-17)15-30-23(29)19-16-31-22(26-19)21-24-12-7-13-25-21/h1-13,16H,14-15H2. The molecule has 8 heteroatoms. The number of aromatic nitrogens is 3. The molecule has 0 atom stereocenters. The minimum Gasteiger partial charge on any atom is -0.451 e. The number of carbonyl (C=O) groups is 2. The van der Waals surface area contributed by atoms with Crippen LogP contribution in [0.5, 0.6) is 0 Å². The van der Waals surface area contributed by atoms with E-state index in [0.29, 0.717) is 17.4 Å². The topological polar surface area (TPSA) is 85.3 Å². The molecule has 0 fully saturated rings.